The van der Waals surface area contributed by atoms with Crippen LogP contribution in [0.1, 0.15) is 48.4 Å². The molecule has 172 valence electrons. The lowest BCUT2D eigenvalue weighted by molar-refractivity contribution is 0.0167. The predicted molar refractivity (Wildman–Crippen MR) is 124 cm³/mol. The van der Waals surface area contributed by atoms with Crippen LogP contribution in [0.3, 0.4) is 0 Å². The molecule has 1 aliphatic carbocycles. The van der Waals surface area contributed by atoms with Crippen molar-refractivity contribution in [3.8, 4) is 5.88 Å². The van der Waals surface area contributed by atoms with Crippen LogP contribution in [0.25, 0.3) is 0 Å². The highest BCUT2D eigenvalue weighted by molar-refractivity contribution is 5.74. The standard InChI is InChI=1S/C25H34N4O3/c1-19-6-4-7-20(16-19)23(29-12-14-31-15-13-29)18-28-25(30)27-17-21-8-5-11-26-24(21)32-22-9-2-3-10-22/h4-8,11,16,22-23H,2-3,9-10,12-15,17-18H2,1H3,(H2,27,28,30)/t23-/m0/s1. The molecule has 7 nitrogen and oxygen atoms in total. The maximum absolute atomic E-state index is 12.6. The second kappa shape index (κ2) is 11.3. The number of ether oxygens (including phenoxy) is 2. The quantitative estimate of drug-likeness (QED) is 0.659. The van der Waals surface area contributed by atoms with Crippen molar-refractivity contribution in [2.45, 2.75) is 51.3 Å². The van der Waals surface area contributed by atoms with Crippen LogP contribution in [0.5, 0.6) is 5.88 Å². The summed E-state index contributed by atoms with van der Waals surface area (Å²) < 4.78 is 11.6. The Morgan fingerprint density at radius 1 is 1.19 bits per heavy atom. The fraction of sp³-hybridized carbons (Fsp3) is 0.520. The maximum atomic E-state index is 12.6. The molecule has 1 saturated carbocycles. The van der Waals surface area contributed by atoms with E-state index in [0.717, 1.165) is 44.7 Å². The number of nitrogens with zero attached hydrogens (tertiary/aromatic N) is 2. The highest BCUT2D eigenvalue weighted by Gasteiger charge is 2.23. The number of aromatic nitrogens is 1. The molecule has 2 aliphatic rings. The smallest absolute Gasteiger partial charge is 0.315 e. The van der Waals surface area contributed by atoms with Gasteiger partial charge in [-0.1, -0.05) is 35.9 Å². The molecule has 32 heavy (non-hydrogen) atoms. The summed E-state index contributed by atoms with van der Waals surface area (Å²) >= 11 is 0. The molecule has 7 heteroatoms. The van der Waals surface area contributed by atoms with Crippen molar-refractivity contribution >= 4 is 6.03 Å². The van der Waals surface area contributed by atoms with Crippen LogP contribution in [0.15, 0.2) is 42.6 Å². The van der Waals surface area contributed by atoms with Crippen molar-refractivity contribution in [3.63, 3.8) is 0 Å². The first kappa shape index (κ1) is 22.6. The molecule has 2 heterocycles. The molecule has 0 radical (unpaired) electrons. The van der Waals surface area contributed by atoms with Crippen molar-refractivity contribution < 1.29 is 14.3 Å². The third kappa shape index (κ3) is 6.20. The van der Waals surface area contributed by atoms with Crippen LogP contribution in [-0.2, 0) is 11.3 Å². The molecule has 4 rings (SSSR count). The maximum Gasteiger partial charge on any atom is 0.315 e. The molecule has 1 atom stereocenters. The Hall–Kier alpha value is -2.64. The summed E-state index contributed by atoms with van der Waals surface area (Å²) in [5.74, 6) is 0.630. The van der Waals surface area contributed by atoms with E-state index in [4.69, 9.17) is 9.47 Å². The summed E-state index contributed by atoms with van der Waals surface area (Å²) in [5, 5.41) is 6.04. The average molecular weight is 439 g/mol. The number of hydrogen-bond acceptors (Lipinski definition) is 5. The van der Waals surface area contributed by atoms with Crippen molar-refractivity contribution in [2.24, 2.45) is 0 Å². The van der Waals surface area contributed by atoms with Crippen LogP contribution in [0.2, 0.25) is 0 Å². The van der Waals surface area contributed by atoms with Gasteiger partial charge in [-0.15, -0.1) is 0 Å². The fourth-order valence-electron chi connectivity index (χ4n) is 4.48. The number of rotatable bonds is 8. The van der Waals surface area contributed by atoms with Gasteiger partial charge in [0.25, 0.3) is 0 Å². The van der Waals surface area contributed by atoms with Crippen molar-refractivity contribution in [1.82, 2.24) is 20.5 Å². The summed E-state index contributed by atoms with van der Waals surface area (Å²) in [6.07, 6.45) is 6.54. The molecule has 0 unspecified atom stereocenters. The van der Waals surface area contributed by atoms with Crippen LogP contribution in [0.4, 0.5) is 4.79 Å². The number of morpholine rings is 1. The number of urea groups is 1. The van der Waals surface area contributed by atoms with Crippen LogP contribution in [-0.4, -0.2) is 54.9 Å². The summed E-state index contributed by atoms with van der Waals surface area (Å²) in [6, 6.07) is 12.3. The van der Waals surface area contributed by atoms with E-state index in [1.165, 1.54) is 24.0 Å². The Kier molecular flexibility index (Phi) is 7.96. The molecule has 2 fully saturated rings. The zero-order valence-corrected chi connectivity index (χ0v) is 18.9. The summed E-state index contributed by atoms with van der Waals surface area (Å²) in [7, 11) is 0. The van der Waals surface area contributed by atoms with Crippen LogP contribution >= 0.6 is 0 Å². The summed E-state index contributed by atoms with van der Waals surface area (Å²) in [6.45, 7) is 6.18. The number of amides is 2. The van der Waals surface area contributed by atoms with Gasteiger partial charge in [0.1, 0.15) is 6.10 Å². The molecule has 1 aromatic carbocycles. The Morgan fingerprint density at radius 2 is 2.00 bits per heavy atom. The van der Waals surface area contributed by atoms with E-state index in [0.29, 0.717) is 19.0 Å². The first-order valence-electron chi connectivity index (χ1n) is 11.7. The van der Waals surface area contributed by atoms with Crippen molar-refractivity contribution in [2.75, 3.05) is 32.8 Å². The second-order valence-corrected chi connectivity index (χ2v) is 8.63. The Balaban J connectivity index is 1.33. The number of nitrogens with one attached hydrogen (secondary N) is 2. The second-order valence-electron chi connectivity index (χ2n) is 8.63. The first-order chi connectivity index (χ1) is 15.7. The SMILES string of the molecule is Cc1cccc([C@H](CNC(=O)NCc2cccnc2OC2CCCC2)N2CCOCC2)c1. The summed E-state index contributed by atoms with van der Waals surface area (Å²) in [4.78, 5) is 19.4. The molecule has 2 N–H and O–H groups in total. The topological polar surface area (TPSA) is 75.7 Å². The molecule has 1 saturated heterocycles. The largest absolute Gasteiger partial charge is 0.474 e. The number of pyridine rings is 1. The lowest BCUT2D eigenvalue weighted by Crippen LogP contribution is -2.45. The number of aryl methyl sites for hydroxylation is 1. The van der Waals surface area contributed by atoms with Gasteiger partial charge < -0.3 is 20.1 Å². The van der Waals surface area contributed by atoms with E-state index in [2.05, 4.69) is 51.7 Å². The van der Waals surface area contributed by atoms with Crippen LogP contribution in [0, 0.1) is 6.92 Å². The van der Waals surface area contributed by atoms with E-state index in [-0.39, 0.29) is 18.2 Å². The van der Waals surface area contributed by atoms with Gasteiger partial charge in [0, 0.05) is 37.9 Å². The highest BCUT2D eigenvalue weighted by Crippen LogP contribution is 2.25. The average Bonchev–Trinajstić information content (AvgIpc) is 3.33. The van der Waals surface area contributed by atoms with Crippen LogP contribution < -0.4 is 15.4 Å². The van der Waals surface area contributed by atoms with E-state index >= 15 is 0 Å². The molecule has 2 aromatic rings. The van der Waals surface area contributed by atoms with Gasteiger partial charge in [-0.3, -0.25) is 4.90 Å². The first-order valence-corrected chi connectivity index (χ1v) is 11.7. The van der Waals surface area contributed by atoms with Gasteiger partial charge in [0.2, 0.25) is 5.88 Å². The lowest BCUT2D eigenvalue weighted by Gasteiger charge is -2.35. The van der Waals surface area contributed by atoms with Gasteiger partial charge in [0.15, 0.2) is 0 Å². The molecule has 0 spiro atoms. The zero-order valence-electron chi connectivity index (χ0n) is 18.9. The number of benzene rings is 1. The van der Waals surface area contributed by atoms with E-state index in [1.54, 1.807) is 6.20 Å². The molecular formula is C25H34N4O3. The normalized spacial score (nSPS) is 18.3. The number of carbonyl (C=O) groups excluding carboxylic acids is 1. The van der Waals surface area contributed by atoms with E-state index < -0.39 is 0 Å². The van der Waals surface area contributed by atoms with Gasteiger partial charge in [-0.05, 0) is 44.2 Å². The lowest BCUT2D eigenvalue weighted by atomic mass is 10.0. The van der Waals surface area contributed by atoms with Gasteiger partial charge in [-0.25, -0.2) is 9.78 Å². The minimum absolute atomic E-state index is 0.115. The number of hydrogen-bond donors (Lipinski definition) is 2. The summed E-state index contributed by atoms with van der Waals surface area (Å²) in [5.41, 5.74) is 3.33. The molecule has 0 bridgehead atoms. The van der Waals surface area contributed by atoms with Crippen molar-refractivity contribution in [3.05, 3.63) is 59.3 Å². The highest BCUT2D eigenvalue weighted by atomic mass is 16.5. The van der Waals surface area contributed by atoms with Gasteiger partial charge >= 0.3 is 6.03 Å². The minimum Gasteiger partial charge on any atom is -0.474 e. The Bertz CT molecular complexity index is 879. The van der Waals surface area contributed by atoms with Crippen molar-refractivity contribution in [1.29, 1.82) is 0 Å². The molecule has 1 aromatic heterocycles. The Morgan fingerprint density at radius 3 is 2.78 bits per heavy atom. The third-order valence-electron chi connectivity index (χ3n) is 6.24. The van der Waals surface area contributed by atoms with Gasteiger partial charge in [0.05, 0.1) is 19.3 Å². The fourth-order valence-corrected chi connectivity index (χ4v) is 4.48. The molecular weight excluding hydrogens is 404 g/mol. The molecule has 1 aliphatic heterocycles. The van der Waals surface area contributed by atoms with E-state index in [1.807, 2.05) is 12.1 Å². The zero-order chi connectivity index (χ0) is 22.2. The predicted octanol–water partition coefficient (Wildman–Crippen LogP) is 3.58. The monoisotopic (exact) mass is 438 g/mol. The van der Waals surface area contributed by atoms with E-state index in [9.17, 15) is 4.79 Å². The Labute approximate surface area is 190 Å². The molecule has 2 amide bonds. The third-order valence-corrected chi connectivity index (χ3v) is 6.24. The minimum atomic E-state index is -0.188. The van der Waals surface area contributed by atoms with Gasteiger partial charge in [-0.2, -0.15) is 0 Å². The number of carbonyl (C=O) groups is 1.